The smallest absolute Gasteiger partial charge is 0.282 e. The predicted octanol–water partition coefficient (Wildman–Crippen LogP) is 4.34. The highest BCUT2D eigenvalue weighted by Gasteiger charge is 2.26. The van der Waals surface area contributed by atoms with E-state index in [0.717, 1.165) is 32.3 Å². The number of nitrogens with zero attached hydrogens (tertiary/aromatic N) is 2. The van der Waals surface area contributed by atoms with Gasteiger partial charge in [-0.25, -0.2) is 0 Å². The van der Waals surface area contributed by atoms with Crippen molar-refractivity contribution in [1.82, 2.24) is 0 Å². The minimum atomic E-state index is -4.43. The summed E-state index contributed by atoms with van der Waals surface area (Å²) < 4.78 is 71.6. The van der Waals surface area contributed by atoms with Crippen LogP contribution < -0.4 is 9.13 Å². The average molecular weight is 605 g/mol. The minimum absolute atomic E-state index is 0.160. The van der Waals surface area contributed by atoms with Crippen LogP contribution in [0.25, 0.3) is 0 Å². The molecular weight excluding hydrogens is 577 g/mol. The lowest BCUT2D eigenvalue weighted by Crippen LogP contribution is -2.33. The number of benzene rings is 2. The topological polar surface area (TPSA) is 117 Å². The van der Waals surface area contributed by atoms with Gasteiger partial charge in [-0.2, -0.15) is 26.0 Å². The number of aromatic nitrogens is 2. The molecule has 2 aromatic heterocycles. The molecular formula is C27H28N2O6S4+2. The Balaban J connectivity index is 1.79. The van der Waals surface area contributed by atoms with Gasteiger partial charge in [0.1, 0.15) is 23.9 Å². The van der Waals surface area contributed by atoms with Crippen LogP contribution in [0.5, 0.6) is 0 Å². The van der Waals surface area contributed by atoms with Gasteiger partial charge in [0.15, 0.2) is 12.4 Å². The monoisotopic (exact) mass is 604 g/mol. The van der Waals surface area contributed by atoms with Crippen molar-refractivity contribution in [3.05, 3.63) is 95.3 Å². The lowest BCUT2D eigenvalue weighted by molar-refractivity contribution is -0.710. The Kier molecular flexibility index (Phi) is 8.55. The van der Waals surface area contributed by atoms with E-state index in [0.29, 0.717) is 16.2 Å². The van der Waals surface area contributed by atoms with Gasteiger partial charge in [0.25, 0.3) is 20.2 Å². The first-order chi connectivity index (χ1) is 18.2. The highest BCUT2D eigenvalue weighted by Crippen LogP contribution is 2.37. The molecule has 0 aliphatic rings. The maximum absolute atomic E-state index is 12.1. The van der Waals surface area contributed by atoms with E-state index < -0.39 is 20.2 Å². The first-order valence-corrected chi connectivity index (χ1v) is 16.2. The summed E-state index contributed by atoms with van der Waals surface area (Å²) >= 11 is 2.49. The second kappa shape index (κ2) is 11.4. The van der Waals surface area contributed by atoms with E-state index in [9.17, 15) is 25.9 Å². The van der Waals surface area contributed by atoms with E-state index in [1.807, 2.05) is 73.7 Å². The molecule has 39 heavy (non-hydrogen) atoms. The SMILES string of the molecule is Cc1ccc(S(=O)(=O)O)c(Sc2c(Cc3ccc[n+](C)c3Sc3cc(C)ccc3S(=O)(=O)O)ccc[n+]2C)c1. The van der Waals surface area contributed by atoms with Gasteiger partial charge in [-0.05, 0) is 84.9 Å². The van der Waals surface area contributed by atoms with Gasteiger partial charge in [0.2, 0.25) is 10.1 Å². The molecule has 0 saturated carbocycles. The van der Waals surface area contributed by atoms with Gasteiger partial charge in [0.05, 0.1) is 0 Å². The Hall–Kier alpha value is -2.74. The Bertz CT molecular complexity index is 1660. The van der Waals surface area contributed by atoms with Crippen LogP contribution in [0, 0.1) is 13.8 Å². The van der Waals surface area contributed by atoms with Crippen molar-refractivity contribution in [3.63, 3.8) is 0 Å². The van der Waals surface area contributed by atoms with Crippen molar-refractivity contribution in [3.8, 4) is 0 Å². The highest BCUT2D eigenvalue weighted by atomic mass is 32.2. The minimum Gasteiger partial charge on any atom is -0.282 e. The number of aryl methyl sites for hydroxylation is 4. The zero-order chi connectivity index (χ0) is 28.5. The standard InChI is InChI=1S/C27H26N2O6S4/c1-18-9-11-24(38(30,31)32)22(15-18)36-26-20(7-5-13-28(26)3)17-21-8-6-14-29(4)27(21)37-23-16-19(2)10-12-25(23)39(33,34)35/h5-16H,17H2,1-4H3/p+2. The van der Waals surface area contributed by atoms with Crippen LogP contribution in [0.2, 0.25) is 0 Å². The number of rotatable bonds is 8. The first-order valence-electron chi connectivity index (χ1n) is 11.7. The van der Waals surface area contributed by atoms with Gasteiger partial charge >= 0.3 is 0 Å². The zero-order valence-corrected chi connectivity index (χ0v) is 25.0. The van der Waals surface area contributed by atoms with Crippen molar-refractivity contribution in [2.24, 2.45) is 14.1 Å². The molecule has 2 aromatic carbocycles. The van der Waals surface area contributed by atoms with Crippen LogP contribution in [0.3, 0.4) is 0 Å². The van der Waals surface area contributed by atoms with Crippen LogP contribution in [-0.4, -0.2) is 25.9 Å². The third kappa shape index (κ3) is 6.89. The molecule has 8 nitrogen and oxygen atoms in total. The third-order valence-electron chi connectivity index (χ3n) is 5.95. The molecule has 0 bridgehead atoms. The van der Waals surface area contributed by atoms with Gasteiger partial charge in [-0.15, -0.1) is 0 Å². The van der Waals surface area contributed by atoms with Crippen molar-refractivity contribution in [1.29, 1.82) is 0 Å². The molecule has 0 fully saturated rings. The summed E-state index contributed by atoms with van der Waals surface area (Å²) in [4.78, 5) is 0.498. The maximum atomic E-state index is 12.1. The molecule has 0 radical (unpaired) electrons. The Morgan fingerprint density at radius 3 is 1.41 bits per heavy atom. The summed E-state index contributed by atoms with van der Waals surface area (Å²) in [7, 11) is -5.13. The Morgan fingerprint density at radius 2 is 1.05 bits per heavy atom. The van der Waals surface area contributed by atoms with Gasteiger partial charge in [-0.3, -0.25) is 9.11 Å². The second-order valence-corrected chi connectivity index (χ2v) is 14.0. The number of hydrogen-bond donors (Lipinski definition) is 2. The summed E-state index contributed by atoms with van der Waals surface area (Å²) in [5, 5.41) is 1.56. The molecule has 0 aliphatic carbocycles. The summed E-state index contributed by atoms with van der Waals surface area (Å²) in [5.74, 6) is 0. The lowest BCUT2D eigenvalue weighted by Gasteiger charge is -2.12. The van der Waals surface area contributed by atoms with Crippen molar-refractivity contribution in [2.75, 3.05) is 0 Å². The fourth-order valence-corrected chi connectivity index (χ4v) is 8.27. The van der Waals surface area contributed by atoms with Gasteiger partial charge < -0.3 is 0 Å². The second-order valence-electron chi connectivity index (χ2n) is 9.13. The maximum Gasteiger partial charge on any atom is 0.295 e. The van der Waals surface area contributed by atoms with Crippen molar-refractivity contribution in [2.45, 2.75) is 49.9 Å². The van der Waals surface area contributed by atoms with E-state index in [-0.39, 0.29) is 9.79 Å². The number of pyridine rings is 2. The van der Waals surface area contributed by atoms with Crippen LogP contribution in [0.1, 0.15) is 22.3 Å². The molecule has 0 amide bonds. The molecule has 2 N–H and O–H groups in total. The molecule has 0 spiro atoms. The fraction of sp³-hybridized carbons (Fsp3) is 0.185. The first kappa shape index (κ1) is 29.2. The highest BCUT2D eigenvalue weighted by molar-refractivity contribution is 8.00. The average Bonchev–Trinajstić information content (AvgIpc) is 2.82. The summed E-state index contributed by atoms with van der Waals surface area (Å²) in [6.45, 7) is 3.70. The van der Waals surface area contributed by atoms with E-state index in [1.165, 1.54) is 35.7 Å². The molecule has 12 heteroatoms. The van der Waals surface area contributed by atoms with Gasteiger partial charge in [-0.1, -0.05) is 12.1 Å². The van der Waals surface area contributed by atoms with Crippen LogP contribution in [-0.2, 0) is 40.8 Å². The number of hydrogen-bond acceptors (Lipinski definition) is 6. The van der Waals surface area contributed by atoms with E-state index in [1.54, 1.807) is 24.3 Å². The normalized spacial score (nSPS) is 12.1. The van der Waals surface area contributed by atoms with Crippen LogP contribution in [0.4, 0.5) is 0 Å². The van der Waals surface area contributed by atoms with E-state index in [2.05, 4.69) is 0 Å². The zero-order valence-electron chi connectivity index (χ0n) is 21.7. The van der Waals surface area contributed by atoms with Gasteiger partial charge in [0, 0.05) is 39.5 Å². The molecule has 4 rings (SSSR count). The quantitative estimate of drug-likeness (QED) is 0.225. The molecule has 204 valence electrons. The largest absolute Gasteiger partial charge is 0.295 e. The Labute approximate surface area is 237 Å². The summed E-state index contributed by atoms with van der Waals surface area (Å²) in [6, 6.07) is 17.2. The molecule has 2 heterocycles. The fourth-order valence-electron chi connectivity index (χ4n) is 4.08. The molecule has 0 saturated heterocycles. The molecule has 0 atom stereocenters. The molecule has 0 unspecified atom stereocenters. The lowest BCUT2D eigenvalue weighted by atomic mass is 10.1. The van der Waals surface area contributed by atoms with E-state index >= 15 is 0 Å². The third-order valence-corrected chi connectivity index (χ3v) is 10.6. The van der Waals surface area contributed by atoms with Crippen LogP contribution >= 0.6 is 23.5 Å². The summed E-state index contributed by atoms with van der Waals surface area (Å²) in [6.07, 6.45) is 4.18. The molecule has 4 aromatic rings. The van der Waals surface area contributed by atoms with Crippen molar-refractivity contribution < 1.29 is 35.1 Å². The summed E-state index contributed by atoms with van der Waals surface area (Å²) in [5.41, 5.74) is 3.51. The molecule has 0 aliphatic heterocycles. The van der Waals surface area contributed by atoms with E-state index in [4.69, 9.17) is 0 Å². The predicted molar refractivity (Wildman–Crippen MR) is 148 cm³/mol. The Morgan fingerprint density at radius 1 is 0.667 bits per heavy atom. The van der Waals surface area contributed by atoms with Crippen molar-refractivity contribution >= 4 is 43.8 Å². The van der Waals surface area contributed by atoms with Crippen LogP contribution in [0.15, 0.2) is 103 Å².